The SMILES string of the molecule is N#CCCCN1CCCCCC1CO. The van der Waals surface area contributed by atoms with Gasteiger partial charge in [0.1, 0.15) is 0 Å². The van der Waals surface area contributed by atoms with E-state index in [4.69, 9.17) is 5.26 Å². The first-order valence-electron chi connectivity index (χ1n) is 5.60. The molecule has 0 spiro atoms. The van der Waals surface area contributed by atoms with Crippen molar-refractivity contribution in [1.82, 2.24) is 4.90 Å². The predicted molar refractivity (Wildman–Crippen MR) is 55.8 cm³/mol. The van der Waals surface area contributed by atoms with E-state index in [0.717, 1.165) is 25.9 Å². The number of aliphatic hydroxyl groups is 1. The van der Waals surface area contributed by atoms with E-state index in [1.165, 1.54) is 19.3 Å². The summed E-state index contributed by atoms with van der Waals surface area (Å²) in [6.07, 6.45) is 6.44. The zero-order chi connectivity index (χ0) is 10.2. The van der Waals surface area contributed by atoms with E-state index in [2.05, 4.69) is 11.0 Å². The van der Waals surface area contributed by atoms with E-state index in [1.807, 2.05) is 0 Å². The summed E-state index contributed by atoms with van der Waals surface area (Å²) in [6, 6.07) is 2.51. The smallest absolute Gasteiger partial charge is 0.0622 e. The van der Waals surface area contributed by atoms with Gasteiger partial charge in [-0.1, -0.05) is 12.8 Å². The maximum atomic E-state index is 9.24. The molecular weight excluding hydrogens is 176 g/mol. The number of likely N-dealkylation sites (tertiary alicyclic amines) is 1. The summed E-state index contributed by atoms with van der Waals surface area (Å²) < 4.78 is 0. The summed E-state index contributed by atoms with van der Waals surface area (Å²) in [6.45, 7) is 2.34. The van der Waals surface area contributed by atoms with Gasteiger partial charge in [0.25, 0.3) is 0 Å². The fraction of sp³-hybridized carbons (Fsp3) is 0.909. The van der Waals surface area contributed by atoms with E-state index in [-0.39, 0.29) is 6.61 Å². The molecule has 1 aliphatic rings. The Balaban J connectivity index is 2.33. The Labute approximate surface area is 86.3 Å². The molecule has 0 aromatic carbocycles. The average molecular weight is 196 g/mol. The number of nitrogens with zero attached hydrogens (tertiary/aromatic N) is 2. The van der Waals surface area contributed by atoms with Crippen molar-refractivity contribution in [1.29, 1.82) is 5.26 Å². The first-order chi connectivity index (χ1) is 6.88. The van der Waals surface area contributed by atoms with Gasteiger partial charge in [0.05, 0.1) is 12.7 Å². The standard InChI is InChI=1S/C11H20N2O/c12-7-3-5-9-13-8-4-1-2-6-11(13)10-14/h11,14H,1-6,8-10H2. The third kappa shape index (κ3) is 3.65. The van der Waals surface area contributed by atoms with Gasteiger partial charge in [-0.2, -0.15) is 5.26 Å². The van der Waals surface area contributed by atoms with Crippen molar-refractivity contribution in [2.75, 3.05) is 19.7 Å². The van der Waals surface area contributed by atoms with Crippen LogP contribution in [0.15, 0.2) is 0 Å². The lowest BCUT2D eigenvalue weighted by molar-refractivity contribution is 0.124. The van der Waals surface area contributed by atoms with Gasteiger partial charge < -0.3 is 5.11 Å². The van der Waals surface area contributed by atoms with Crippen molar-refractivity contribution in [2.24, 2.45) is 0 Å². The van der Waals surface area contributed by atoms with Crippen LogP contribution >= 0.6 is 0 Å². The summed E-state index contributed by atoms with van der Waals surface area (Å²) in [4.78, 5) is 2.35. The third-order valence-electron chi connectivity index (χ3n) is 2.94. The van der Waals surface area contributed by atoms with E-state index >= 15 is 0 Å². The molecule has 0 radical (unpaired) electrons. The van der Waals surface area contributed by atoms with Crippen molar-refractivity contribution in [2.45, 2.75) is 44.6 Å². The van der Waals surface area contributed by atoms with Crippen molar-refractivity contribution >= 4 is 0 Å². The molecule has 1 saturated heterocycles. The molecule has 0 aromatic rings. The van der Waals surface area contributed by atoms with Crippen LogP contribution in [0.2, 0.25) is 0 Å². The lowest BCUT2D eigenvalue weighted by Gasteiger charge is -2.27. The maximum Gasteiger partial charge on any atom is 0.0622 e. The average Bonchev–Trinajstić information content (AvgIpc) is 2.43. The zero-order valence-corrected chi connectivity index (χ0v) is 8.78. The normalized spacial score (nSPS) is 24.1. The van der Waals surface area contributed by atoms with Gasteiger partial charge in [-0.3, -0.25) is 4.90 Å². The quantitative estimate of drug-likeness (QED) is 0.694. The van der Waals surface area contributed by atoms with Crippen molar-refractivity contribution in [3.05, 3.63) is 0 Å². The van der Waals surface area contributed by atoms with Gasteiger partial charge in [0.15, 0.2) is 0 Å². The summed E-state index contributed by atoms with van der Waals surface area (Å²) in [7, 11) is 0. The second-order valence-electron chi connectivity index (χ2n) is 3.98. The molecule has 0 aromatic heterocycles. The molecule has 1 rings (SSSR count). The summed E-state index contributed by atoms with van der Waals surface area (Å²) in [5, 5.41) is 17.7. The van der Waals surface area contributed by atoms with Crippen LogP contribution in [-0.2, 0) is 0 Å². The molecule has 14 heavy (non-hydrogen) atoms. The molecule has 0 amide bonds. The molecule has 1 heterocycles. The van der Waals surface area contributed by atoms with Crippen LogP contribution in [0.4, 0.5) is 0 Å². The highest BCUT2D eigenvalue weighted by Gasteiger charge is 2.19. The Morgan fingerprint density at radius 3 is 2.93 bits per heavy atom. The summed E-state index contributed by atoms with van der Waals surface area (Å²) >= 11 is 0. The highest BCUT2D eigenvalue weighted by atomic mass is 16.3. The molecule has 1 N–H and O–H groups in total. The Morgan fingerprint density at radius 1 is 1.36 bits per heavy atom. The van der Waals surface area contributed by atoms with Gasteiger partial charge in [-0.25, -0.2) is 0 Å². The van der Waals surface area contributed by atoms with Gasteiger partial charge in [0.2, 0.25) is 0 Å². The molecular formula is C11H20N2O. The Kier molecular flexibility index (Phi) is 5.58. The van der Waals surface area contributed by atoms with Gasteiger partial charge in [-0.15, -0.1) is 0 Å². The number of rotatable bonds is 4. The predicted octanol–water partition coefficient (Wildman–Crippen LogP) is 1.53. The third-order valence-corrected chi connectivity index (χ3v) is 2.94. The number of nitriles is 1. The van der Waals surface area contributed by atoms with Gasteiger partial charge in [0, 0.05) is 12.5 Å². The van der Waals surface area contributed by atoms with E-state index in [9.17, 15) is 5.11 Å². The minimum Gasteiger partial charge on any atom is -0.395 e. The second kappa shape index (κ2) is 6.80. The van der Waals surface area contributed by atoms with E-state index in [0.29, 0.717) is 12.5 Å². The minimum absolute atomic E-state index is 0.270. The molecule has 0 bridgehead atoms. The molecule has 0 saturated carbocycles. The molecule has 3 heteroatoms. The Bertz CT molecular complexity index is 188. The fourth-order valence-electron chi connectivity index (χ4n) is 2.10. The van der Waals surface area contributed by atoms with Crippen LogP contribution in [-0.4, -0.2) is 35.7 Å². The first-order valence-corrected chi connectivity index (χ1v) is 5.60. The highest BCUT2D eigenvalue weighted by Crippen LogP contribution is 2.16. The van der Waals surface area contributed by atoms with E-state index < -0.39 is 0 Å². The summed E-state index contributed by atoms with van der Waals surface area (Å²) in [5.41, 5.74) is 0. The molecule has 1 atom stereocenters. The lowest BCUT2D eigenvalue weighted by Crippen LogP contribution is -2.38. The molecule has 80 valence electrons. The van der Waals surface area contributed by atoms with Crippen LogP contribution in [0, 0.1) is 11.3 Å². The number of unbranched alkanes of at least 4 members (excludes halogenated alkanes) is 1. The first kappa shape index (κ1) is 11.5. The lowest BCUT2D eigenvalue weighted by atomic mass is 10.1. The largest absolute Gasteiger partial charge is 0.395 e. The highest BCUT2D eigenvalue weighted by molar-refractivity contribution is 4.76. The van der Waals surface area contributed by atoms with Crippen LogP contribution < -0.4 is 0 Å². The summed E-state index contributed by atoms with van der Waals surface area (Å²) in [5.74, 6) is 0. The van der Waals surface area contributed by atoms with Crippen molar-refractivity contribution < 1.29 is 5.11 Å². The van der Waals surface area contributed by atoms with Crippen molar-refractivity contribution in [3.63, 3.8) is 0 Å². The van der Waals surface area contributed by atoms with Gasteiger partial charge >= 0.3 is 0 Å². The Morgan fingerprint density at radius 2 is 2.21 bits per heavy atom. The van der Waals surface area contributed by atoms with Crippen LogP contribution in [0.3, 0.4) is 0 Å². The number of aliphatic hydroxyl groups excluding tert-OH is 1. The molecule has 1 fully saturated rings. The minimum atomic E-state index is 0.270. The monoisotopic (exact) mass is 196 g/mol. The number of hydrogen-bond acceptors (Lipinski definition) is 3. The topological polar surface area (TPSA) is 47.3 Å². The zero-order valence-electron chi connectivity index (χ0n) is 8.78. The Hall–Kier alpha value is -0.590. The molecule has 3 nitrogen and oxygen atoms in total. The maximum absolute atomic E-state index is 9.24. The van der Waals surface area contributed by atoms with Crippen LogP contribution in [0.25, 0.3) is 0 Å². The number of hydrogen-bond donors (Lipinski definition) is 1. The van der Waals surface area contributed by atoms with Crippen LogP contribution in [0.1, 0.15) is 38.5 Å². The molecule has 1 aliphatic heterocycles. The second-order valence-corrected chi connectivity index (χ2v) is 3.98. The molecule has 1 unspecified atom stereocenters. The van der Waals surface area contributed by atoms with Gasteiger partial charge in [-0.05, 0) is 32.4 Å². The fourth-order valence-corrected chi connectivity index (χ4v) is 2.10. The molecule has 0 aliphatic carbocycles. The van der Waals surface area contributed by atoms with Crippen LogP contribution in [0.5, 0.6) is 0 Å². The van der Waals surface area contributed by atoms with Crippen molar-refractivity contribution in [3.8, 4) is 6.07 Å². The van der Waals surface area contributed by atoms with E-state index in [1.54, 1.807) is 0 Å².